The molecule has 3 heterocycles. The molecule has 5 heteroatoms. The van der Waals surface area contributed by atoms with Gasteiger partial charge in [0.25, 0.3) is 0 Å². The number of nitrogens with zero attached hydrogens (tertiary/aromatic N) is 2. The lowest BCUT2D eigenvalue weighted by atomic mass is 10.0. The van der Waals surface area contributed by atoms with Crippen LogP contribution in [0.25, 0.3) is 10.2 Å². The van der Waals surface area contributed by atoms with Gasteiger partial charge in [0, 0.05) is 16.0 Å². The molecule has 2 aromatic rings. The van der Waals surface area contributed by atoms with Crippen molar-refractivity contribution in [2.45, 2.75) is 31.7 Å². The Hall–Kier alpha value is -0.650. The van der Waals surface area contributed by atoms with Gasteiger partial charge in [-0.2, -0.15) is 0 Å². The molecule has 3 rings (SSSR count). The maximum Gasteiger partial charge on any atom is 0.128 e. The summed E-state index contributed by atoms with van der Waals surface area (Å²) in [4.78, 5) is 11.4. The van der Waals surface area contributed by atoms with E-state index in [9.17, 15) is 0 Å². The predicted octanol–water partition coefficient (Wildman–Crippen LogP) is 3.40. The number of fused-ring (bicyclic) bond motifs is 1. The maximum absolute atomic E-state index is 4.51. The average Bonchev–Trinajstić information content (AvgIpc) is 2.74. The van der Waals surface area contributed by atoms with Crippen LogP contribution in [-0.4, -0.2) is 28.8 Å². The van der Waals surface area contributed by atoms with E-state index in [1.807, 2.05) is 11.8 Å². The second kappa shape index (κ2) is 5.77. The number of aryl methyl sites for hydroxylation is 2. The Labute approximate surface area is 122 Å². The summed E-state index contributed by atoms with van der Waals surface area (Å²) in [7, 11) is 0. The minimum absolute atomic E-state index is 0.830. The third-order valence-corrected chi connectivity index (χ3v) is 6.18. The Morgan fingerprint density at radius 3 is 2.89 bits per heavy atom. The van der Waals surface area contributed by atoms with E-state index in [0.717, 1.165) is 10.7 Å². The molecule has 1 saturated heterocycles. The quantitative estimate of drug-likeness (QED) is 0.695. The van der Waals surface area contributed by atoms with E-state index in [1.165, 1.54) is 52.5 Å². The van der Waals surface area contributed by atoms with Crippen LogP contribution in [0.5, 0.6) is 0 Å². The third-order valence-electron chi connectivity index (χ3n) is 3.85. The van der Waals surface area contributed by atoms with Crippen molar-refractivity contribution >= 4 is 33.3 Å². The van der Waals surface area contributed by atoms with Crippen molar-refractivity contribution < 1.29 is 0 Å². The Bertz CT molecular complexity index is 573. The Morgan fingerprint density at radius 1 is 1.32 bits per heavy atom. The standard InChI is InChI=1S/C14H19N3S2/c1-9-10(2)19-14-12(9)13(16-8-17-14)18-7-11-3-5-15-6-4-11/h8,11,15H,3-7H2,1-2H3. The van der Waals surface area contributed by atoms with Crippen molar-refractivity contribution in [3.63, 3.8) is 0 Å². The zero-order valence-corrected chi connectivity index (χ0v) is 13.0. The molecule has 102 valence electrons. The zero-order valence-electron chi connectivity index (χ0n) is 11.4. The van der Waals surface area contributed by atoms with Gasteiger partial charge in [-0.1, -0.05) is 0 Å². The van der Waals surface area contributed by atoms with Gasteiger partial charge in [0.05, 0.1) is 0 Å². The monoisotopic (exact) mass is 293 g/mol. The molecule has 0 aliphatic carbocycles. The number of aromatic nitrogens is 2. The highest BCUT2D eigenvalue weighted by Crippen LogP contribution is 2.35. The number of nitrogens with one attached hydrogen (secondary N) is 1. The minimum atomic E-state index is 0.830. The number of thioether (sulfide) groups is 1. The van der Waals surface area contributed by atoms with Crippen molar-refractivity contribution in [1.82, 2.24) is 15.3 Å². The summed E-state index contributed by atoms with van der Waals surface area (Å²) in [6, 6.07) is 0. The van der Waals surface area contributed by atoms with Crippen molar-refractivity contribution in [2.24, 2.45) is 5.92 Å². The highest BCUT2D eigenvalue weighted by Gasteiger charge is 2.16. The van der Waals surface area contributed by atoms with Crippen LogP contribution >= 0.6 is 23.1 Å². The highest BCUT2D eigenvalue weighted by molar-refractivity contribution is 7.99. The smallest absolute Gasteiger partial charge is 0.128 e. The van der Waals surface area contributed by atoms with Crippen LogP contribution < -0.4 is 5.32 Å². The predicted molar refractivity (Wildman–Crippen MR) is 83.2 cm³/mol. The molecule has 0 radical (unpaired) electrons. The first-order valence-corrected chi connectivity index (χ1v) is 8.60. The van der Waals surface area contributed by atoms with Gasteiger partial charge in [0.2, 0.25) is 0 Å². The molecule has 3 nitrogen and oxygen atoms in total. The zero-order chi connectivity index (χ0) is 13.2. The molecular formula is C14H19N3S2. The first kappa shape index (κ1) is 13.3. The fourth-order valence-corrected chi connectivity index (χ4v) is 4.81. The molecule has 0 spiro atoms. The number of thiophene rings is 1. The molecule has 1 aliphatic heterocycles. The fraction of sp³-hybridized carbons (Fsp3) is 0.571. The average molecular weight is 293 g/mol. The normalized spacial score (nSPS) is 17.2. The molecule has 1 N–H and O–H groups in total. The Balaban J connectivity index is 1.80. The SMILES string of the molecule is Cc1sc2ncnc(SCC3CCNCC3)c2c1C. The summed E-state index contributed by atoms with van der Waals surface area (Å²) < 4.78 is 0. The lowest BCUT2D eigenvalue weighted by Crippen LogP contribution is -2.28. The molecule has 0 aromatic carbocycles. The summed E-state index contributed by atoms with van der Waals surface area (Å²) in [5.74, 6) is 2.01. The van der Waals surface area contributed by atoms with E-state index in [-0.39, 0.29) is 0 Å². The van der Waals surface area contributed by atoms with E-state index in [4.69, 9.17) is 0 Å². The highest BCUT2D eigenvalue weighted by atomic mass is 32.2. The topological polar surface area (TPSA) is 37.8 Å². The maximum atomic E-state index is 4.51. The van der Waals surface area contributed by atoms with Crippen LogP contribution in [0.2, 0.25) is 0 Å². The van der Waals surface area contributed by atoms with Crippen LogP contribution in [0.4, 0.5) is 0 Å². The molecule has 0 amide bonds. The fourth-order valence-electron chi connectivity index (χ4n) is 2.50. The van der Waals surface area contributed by atoms with Gasteiger partial charge in [-0.15, -0.1) is 23.1 Å². The first-order valence-electron chi connectivity index (χ1n) is 6.80. The second-order valence-corrected chi connectivity index (χ2v) is 7.36. The van der Waals surface area contributed by atoms with Gasteiger partial charge in [-0.25, -0.2) is 9.97 Å². The summed E-state index contributed by atoms with van der Waals surface area (Å²) in [5, 5.41) is 5.87. The molecular weight excluding hydrogens is 274 g/mol. The molecule has 19 heavy (non-hydrogen) atoms. The molecule has 1 fully saturated rings. The summed E-state index contributed by atoms with van der Waals surface area (Å²) in [5.41, 5.74) is 1.36. The third kappa shape index (κ3) is 2.78. The number of hydrogen-bond acceptors (Lipinski definition) is 5. The molecule has 2 aromatic heterocycles. The summed E-state index contributed by atoms with van der Waals surface area (Å²) in [6.45, 7) is 6.69. The Morgan fingerprint density at radius 2 is 2.11 bits per heavy atom. The van der Waals surface area contributed by atoms with Crippen LogP contribution in [0.3, 0.4) is 0 Å². The van der Waals surface area contributed by atoms with Gasteiger partial charge in [-0.05, 0) is 51.3 Å². The second-order valence-electron chi connectivity index (χ2n) is 5.15. The number of hydrogen-bond donors (Lipinski definition) is 1. The van der Waals surface area contributed by atoms with Gasteiger partial charge >= 0.3 is 0 Å². The van der Waals surface area contributed by atoms with Crippen LogP contribution in [0.1, 0.15) is 23.3 Å². The summed E-state index contributed by atoms with van der Waals surface area (Å²) in [6.07, 6.45) is 4.30. The van der Waals surface area contributed by atoms with Crippen molar-refractivity contribution in [3.05, 3.63) is 16.8 Å². The number of rotatable bonds is 3. The van der Waals surface area contributed by atoms with Gasteiger partial charge < -0.3 is 5.32 Å². The van der Waals surface area contributed by atoms with E-state index >= 15 is 0 Å². The number of piperidine rings is 1. The minimum Gasteiger partial charge on any atom is -0.317 e. The molecule has 1 aliphatic rings. The van der Waals surface area contributed by atoms with Gasteiger partial charge in [0.1, 0.15) is 16.2 Å². The Kier molecular flexibility index (Phi) is 4.05. The van der Waals surface area contributed by atoms with Crippen molar-refractivity contribution in [2.75, 3.05) is 18.8 Å². The van der Waals surface area contributed by atoms with E-state index in [0.29, 0.717) is 0 Å². The molecule has 0 saturated carbocycles. The van der Waals surface area contributed by atoms with Crippen LogP contribution in [-0.2, 0) is 0 Å². The van der Waals surface area contributed by atoms with Gasteiger partial charge in [-0.3, -0.25) is 0 Å². The van der Waals surface area contributed by atoms with Crippen molar-refractivity contribution in [1.29, 1.82) is 0 Å². The molecule has 0 atom stereocenters. The van der Waals surface area contributed by atoms with E-state index in [2.05, 4.69) is 29.1 Å². The van der Waals surface area contributed by atoms with Crippen molar-refractivity contribution in [3.8, 4) is 0 Å². The summed E-state index contributed by atoms with van der Waals surface area (Å²) >= 11 is 3.69. The lowest BCUT2D eigenvalue weighted by molar-refractivity contribution is 0.408. The van der Waals surface area contributed by atoms with Crippen LogP contribution in [0.15, 0.2) is 11.4 Å². The van der Waals surface area contributed by atoms with Crippen LogP contribution in [0, 0.1) is 19.8 Å². The first-order chi connectivity index (χ1) is 9.25. The van der Waals surface area contributed by atoms with Gasteiger partial charge in [0.15, 0.2) is 0 Å². The van der Waals surface area contributed by atoms with E-state index < -0.39 is 0 Å². The van der Waals surface area contributed by atoms with E-state index in [1.54, 1.807) is 17.7 Å². The molecule has 0 bridgehead atoms. The molecule has 0 unspecified atom stereocenters. The largest absolute Gasteiger partial charge is 0.317 e. The lowest BCUT2D eigenvalue weighted by Gasteiger charge is -2.21.